The van der Waals surface area contributed by atoms with Gasteiger partial charge in [-0.25, -0.2) is 0 Å². The molecular weight excluding hydrogens is 262 g/mol. The van der Waals surface area contributed by atoms with E-state index >= 15 is 0 Å². The van der Waals surface area contributed by atoms with Crippen LogP contribution in [0.3, 0.4) is 0 Å². The summed E-state index contributed by atoms with van der Waals surface area (Å²) < 4.78 is 5.30. The zero-order chi connectivity index (χ0) is 15.2. The molecule has 21 heavy (non-hydrogen) atoms. The van der Waals surface area contributed by atoms with Gasteiger partial charge in [0.2, 0.25) is 0 Å². The Morgan fingerprint density at radius 3 is 2.57 bits per heavy atom. The Morgan fingerprint density at radius 2 is 1.95 bits per heavy atom. The van der Waals surface area contributed by atoms with Crippen molar-refractivity contribution < 1.29 is 4.74 Å². The Labute approximate surface area is 128 Å². The number of anilines is 1. The molecule has 4 nitrogen and oxygen atoms in total. The van der Waals surface area contributed by atoms with Gasteiger partial charge in [0.05, 0.1) is 7.11 Å². The summed E-state index contributed by atoms with van der Waals surface area (Å²) >= 11 is 0. The first kappa shape index (κ1) is 16.1. The van der Waals surface area contributed by atoms with Gasteiger partial charge < -0.3 is 15.4 Å². The van der Waals surface area contributed by atoms with Crippen LogP contribution in [0.25, 0.3) is 0 Å². The van der Waals surface area contributed by atoms with E-state index in [1.165, 1.54) is 5.69 Å². The van der Waals surface area contributed by atoms with Crippen molar-refractivity contribution in [3.63, 3.8) is 0 Å². The number of benzene rings is 1. The average molecular weight is 291 g/mol. The number of rotatable bonds is 6. The molecule has 2 atom stereocenters. The van der Waals surface area contributed by atoms with E-state index in [4.69, 9.17) is 10.5 Å². The molecule has 4 heteroatoms. The van der Waals surface area contributed by atoms with Gasteiger partial charge in [0.1, 0.15) is 5.75 Å². The van der Waals surface area contributed by atoms with Crippen LogP contribution in [0.1, 0.15) is 20.3 Å². The second-order valence-corrected chi connectivity index (χ2v) is 6.04. The predicted molar refractivity (Wildman–Crippen MR) is 89.1 cm³/mol. The maximum absolute atomic E-state index is 6.27. The molecule has 1 fully saturated rings. The third-order valence-electron chi connectivity index (χ3n) is 4.63. The van der Waals surface area contributed by atoms with Gasteiger partial charge in [-0.3, -0.25) is 4.90 Å². The van der Waals surface area contributed by atoms with Crippen LogP contribution in [0.15, 0.2) is 24.3 Å². The second kappa shape index (κ2) is 7.66. The molecular formula is C17H29N3O. The van der Waals surface area contributed by atoms with E-state index in [2.05, 4.69) is 41.8 Å². The van der Waals surface area contributed by atoms with Crippen LogP contribution < -0.4 is 15.4 Å². The second-order valence-electron chi connectivity index (χ2n) is 6.04. The molecule has 0 bridgehead atoms. The number of ether oxygens (including phenoxy) is 1. The first-order valence-electron chi connectivity index (χ1n) is 8.01. The fraction of sp³-hybridized carbons (Fsp3) is 0.647. The highest BCUT2D eigenvalue weighted by Crippen LogP contribution is 2.22. The van der Waals surface area contributed by atoms with E-state index in [9.17, 15) is 0 Å². The van der Waals surface area contributed by atoms with Crippen molar-refractivity contribution in [2.75, 3.05) is 44.7 Å². The maximum Gasteiger partial charge on any atom is 0.120 e. The van der Waals surface area contributed by atoms with E-state index in [1.54, 1.807) is 7.11 Å². The maximum atomic E-state index is 6.27. The summed E-state index contributed by atoms with van der Waals surface area (Å²) in [5, 5.41) is 0. The van der Waals surface area contributed by atoms with Crippen molar-refractivity contribution in [1.82, 2.24) is 4.90 Å². The smallest absolute Gasteiger partial charge is 0.120 e. The van der Waals surface area contributed by atoms with Crippen molar-refractivity contribution in [1.29, 1.82) is 0 Å². The standard InChI is InChI=1S/C17H29N3O/c1-4-14(2)17(18)13-19-8-10-20(11-9-19)15-6-5-7-16(12-15)21-3/h5-7,12,14,17H,4,8-11,13,18H2,1-3H3. The van der Waals surface area contributed by atoms with Gasteiger partial charge in [0.15, 0.2) is 0 Å². The van der Waals surface area contributed by atoms with Crippen LogP contribution in [0, 0.1) is 5.92 Å². The lowest BCUT2D eigenvalue weighted by atomic mass is 9.99. The van der Waals surface area contributed by atoms with Gasteiger partial charge in [-0.2, -0.15) is 0 Å². The van der Waals surface area contributed by atoms with Crippen molar-refractivity contribution in [2.45, 2.75) is 26.3 Å². The van der Waals surface area contributed by atoms with Crippen LogP contribution in [0.4, 0.5) is 5.69 Å². The summed E-state index contributed by atoms with van der Waals surface area (Å²) in [6, 6.07) is 8.60. The van der Waals surface area contributed by atoms with Gasteiger partial charge in [0, 0.05) is 50.5 Å². The summed E-state index contributed by atoms with van der Waals surface area (Å²) in [5.41, 5.74) is 7.52. The molecule has 1 saturated heterocycles. The Bertz CT molecular complexity index is 430. The molecule has 0 spiro atoms. The highest BCUT2D eigenvalue weighted by atomic mass is 16.5. The first-order valence-corrected chi connectivity index (χ1v) is 8.01. The van der Waals surface area contributed by atoms with Crippen LogP contribution in [-0.4, -0.2) is 50.8 Å². The molecule has 0 aromatic heterocycles. The monoisotopic (exact) mass is 291 g/mol. The number of nitrogens with zero attached hydrogens (tertiary/aromatic N) is 2. The fourth-order valence-electron chi connectivity index (χ4n) is 2.78. The van der Waals surface area contributed by atoms with Crippen LogP contribution in [0.5, 0.6) is 5.75 Å². The number of hydrogen-bond acceptors (Lipinski definition) is 4. The van der Waals surface area contributed by atoms with Gasteiger partial charge in [-0.05, 0) is 18.1 Å². The first-order chi connectivity index (χ1) is 10.1. The number of nitrogens with two attached hydrogens (primary N) is 1. The molecule has 1 heterocycles. The quantitative estimate of drug-likeness (QED) is 0.872. The molecule has 1 aromatic rings. The molecule has 0 aliphatic carbocycles. The normalized spacial score (nSPS) is 19.3. The predicted octanol–water partition coefficient (Wildman–Crippen LogP) is 2.19. The Morgan fingerprint density at radius 1 is 1.24 bits per heavy atom. The summed E-state index contributed by atoms with van der Waals surface area (Å²) in [5.74, 6) is 1.52. The molecule has 2 N–H and O–H groups in total. The highest BCUT2D eigenvalue weighted by Gasteiger charge is 2.21. The zero-order valence-electron chi connectivity index (χ0n) is 13.6. The van der Waals surface area contributed by atoms with Crippen LogP contribution >= 0.6 is 0 Å². The molecule has 0 amide bonds. The van der Waals surface area contributed by atoms with Crippen molar-refractivity contribution >= 4 is 5.69 Å². The van der Waals surface area contributed by atoms with Crippen molar-refractivity contribution in [3.8, 4) is 5.75 Å². The van der Waals surface area contributed by atoms with Gasteiger partial charge in [0.25, 0.3) is 0 Å². The van der Waals surface area contributed by atoms with Crippen LogP contribution in [0.2, 0.25) is 0 Å². The lowest BCUT2D eigenvalue weighted by molar-refractivity contribution is 0.220. The Balaban J connectivity index is 1.85. The van der Waals surface area contributed by atoms with Crippen molar-refractivity contribution in [2.24, 2.45) is 11.7 Å². The van der Waals surface area contributed by atoms with Crippen LogP contribution in [-0.2, 0) is 0 Å². The van der Waals surface area contributed by atoms with Gasteiger partial charge in [-0.1, -0.05) is 26.3 Å². The summed E-state index contributed by atoms with van der Waals surface area (Å²) in [6.07, 6.45) is 1.16. The largest absolute Gasteiger partial charge is 0.497 e. The van der Waals surface area contributed by atoms with Gasteiger partial charge >= 0.3 is 0 Å². The topological polar surface area (TPSA) is 41.7 Å². The van der Waals surface area contributed by atoms with E-state index < -0.39 is 0 Å². The minimum absolute atomic E-state index is 0.290. The minimum atomic E-state index is 0.290. The lowest BCUT2D eigenvalue weighted by Crippen LogP contribution is -2.51. The molecule has 2 rings (SSSR count). The fourth-order valence-corrected chi connectivity index (χ4v) is 2.78. The Kier molecular flexibility index (Phi) is 5.88. The molecule has 0 saturated carbocycles. The van der Waals surface area contributed by atoms with E-state index in [0.717, 1.165) is 44.9 Å². The van der Waals surface area contributed by atoms with Crippen molar-refractivity contribution in [3.05, 3.63) is 24.3 Å². The lowest BCUT2D eigenvalue weighted by Gasteiger charge is -2.38. The number of methoxy groups -OCH3 is 1. The van der Waals surface area contributed by atoms with E-state index in [1.807, 2.05) is 6.07 Å². The molecule has 0 radical (unpaired) electrons. The van der Waals surface area contributed by atoms with E-state index in [0.29, 0.717) is 12.0 Å². The highest BCUT2D eigenvalue weighted by molar-refractivity contribution is 5.51. The third kappa shape index (κ3) is 4.35. The third-order valence-corrected chi connectivity index (χ3v) is 4.63. The number of piperazine rings is 1. The SMILES string of the molecule is CCC(C)C(N)CN1CCN(c2cccc(OC)c2)CC1. The number of hydrogen-bond donors (Lipinski definition) is 1. The summed E-state index contributed by atoms with van der Waals surface area (Å²) in [7, 11) is 1.72. The molecule has 1 aromatic carbocycles. The molecule has 1 aliphatic heterocycles. The molecule has 118 valence electrons. The van der Waals surface area contributed by atoms with Gasteiger partial charge in [-0.15, -0.1) is 0 Å². The summed E-state index contributed by atoms with van der Waals surface area (Å²) in [6.45, 7) is 9.76. The molecule has 1 aliphatic rings. The average Bonchev–Trinajstić information content (AvgIpc) is 2.54. The summed E-state index contributed by atoms with van der Waals surface area (Å²) in [4.78, 5) is 4.92. The zero-order valence-corrected chi connectivity index (χ0v) is 13.6. The van der Waals surface area contributed by atoms with E-state index in [-0.39, 0.29) is 0 Å². The molecule has 2 unspecified atom stereocenters. The minimum Gasteiger partial charge on any atom is -0.497 e. The Hall–Kier alpha value is -1.26.